The van der Waals surface area contributed by atoms with Crippen LogP contribution in [0.5, 0.6) is 0 Å². The first-order valence-corrected chi connectivity index (χ1v) is 9.49. The van der Waals surface area contributed by atoms with Crippen molar-refractivity contribution in [3.63, 3.8) is 0 Å². The normalized spacial score (nSPS) is 10.8. The second kappa shape index (κ2) is 8.19. The number of carbonyl (C=O) groups excluding carboxylic acids is 1. The van der Waals surface area contributed by atoms with Crippen LogP contribution >= 0.6 is 11.6 Å². The Morgan fingerprint density at radius 1 is 0.857 bits per heavy atom. The van der Waals surface area contributed by atoms with Crippen LogP contribution in [0.1, 0.15) is 11.1 Å². The summed E-state index contributed by atoms with van der Waals surface area (Å²) in [6.07, 6.45) is 2.22. The van der Waals surface area contributed by atoms with Crippen molar-refractivity contribution in [1.82, 2.24) is 4.98 Å². The highest BCUT2D eigenvalue weighted by atomic mass is 35.5. The average Bonchev–Trinajstić information content (AvgIpc) is 3.11. The first-order chi connectivity index (χ1) is 13.7. The Balaban J connectivity index is 1.35. The molecule has 0 saturated heterocycles. The maximum atomic E-state index is 12.4. The zero-order chi connectivity index (χ0) is 19.3. The predicted octanol–water partition coefficient (Wildman–Crippen LogP) is 5.61. The molecule has 1 amide bonds. The van der Waals surface area contributed by atoms with Gasteiger partial charge in [0.05, 0.1) is 6.42 Å². The number of para-hydroxylation sites is 1. The van der Waals surface area contributed by atoms with Gasteiger partial charge in [-0.2, -0.15) is 0 Å². The monoisotopic (exact) mass is 389 g/mol. The van der Waals surface area contributed by atoms with Gasteiger partial charge in [0.1, 0.15) is 0 Å². The van der Waals surface area contributed by atoms with Crippen LogP contribution in [0.25, 0.3) is 10.9 Å². The lowest BCUT2D eigenvalue weighted by Gasteiger charge is -2.10. The molecule has 0 atom stereocenters. The van der Waals surface area contributed by atoms with E-state index in [0.29, 0.717) is 13.0 Å². The average molecular weight is 390 g/mol. The molecule has 0 unspecified atom stereocenters. The van der Waals surface area contributed by atoms with Gasteiger partial charge in [-0.25, -0.2) is 0 Å². The maximum absolute atomic E-state index is 12.4. The molecule has 0 aliphatic rings. The van der Waals surface area contributed by atoms with E-state index in [4.69, 9.17) is 11.6 Å². The molecule has 3 N–H and O–H groups in total. The predicted molar refractivity (Wildman–Crippen MR) is 116 cm³/mol. The molecule has 1 aromatic heterocycles. The molecule has 140 valence electrons. The van der Waals surface area contributed by atoms with Gasteiger partial charge in [0.15, 0.2) is 0 Å². The fourth-order valence-electron chi connectivity index (χ4n) is 3.17. The molecular formula is C23H20ClN3O. The van der Waals surface area contributed by atoms with E-state index in [1.807, 2.05) is 79.0 Å². The van der Waals surface area contributed by atoms with Crippen LogP contribution in [0, 0.1) is 0 Å². The lowest BCUT2D eigenvalue weighted by molar-refractivity contribution is -0.115. The van der Waals surface area contributed by atoms with Gasteiger partial charge in [-0.05, 0) is 47.5 Å². The van der Waals surface area contributed by atoms with Gasteiger partial charge in [0, 0.05) is 40.0 Å². The molecule has 0 aliphatic carbocycles. The van der Waals surface area contributed by atoms with Crippen LogP contribution in [0.4, 0.5) is 11.4 Å². The Labute approximate surface area is 168 Å². The van der Waals surface area contributed by atoms with Gasteiger partial charge in [0.25, 0.3) is 0 Å². The number of nitrogens with one attached hydrogen (secondary N) is 3. The molecule has 0 spiro atoms. The topological polar surface area (TPSA) is 56.9 Å². The summed E-state index contributed by atoms with van der Waals surface area (Å²) in [4.78, 5) is 15.6. The van der Waals surface area contributed by atoms with Gasteiger partial charge >= 0.3 is 0 Å². The molecule has 28 heavy (non-hydrogen) atoms. The second-order valence-corrected chi connectivity index (χ2v) is 7.01. The fraction of sp³-hybridized carbons (Fsp3) is 0.0870. The SMILES string of the molecule is O=C(Cc1c[nH]c2ccccc12)Nc1ccc(NCc2ccccc2Cl)cc1. The summed E-state index contributed by atoms with van der Waals surface area (Å²) in [7, 11) is 0. The summed E-state index contributed by atoms with van der Waals surface area (Å²) in [5.41, 5.74) is 4.81. The summed E-state index contributed by atoms with van der Waals surface area (Å²) in [5, 5.41) is 8.12. The molecule has 1 heterocycles. The Morgan fingerprint density at radius 2 is 1.57 bits per heavy atom. The fourth-order valence-corrected chi connectivity index (χ4v) is 3.37. The minimum absolute atomic E-state index is 0.0403. The van der Waals surface area contributed by atoms with Crippen LogP contribution in [-0.2, 0) is 17.8 Å². The molecule has 0 saturated carbocycles. The van der Waals surface area contributed by atoms with E-state index in [9.17, 15) is 4.79 Å². The molecule has 4 nitrogen and oxygen atoms in total. The second-order valence-electron chi connectivity index (χ2n) is 6.61. The van der Waals surface area contributed by atoms with E-state index < -0.39 is 0 Å². The van der Waals surface area contributed by atoms with Crippen molar-refractivity contribution in [2.24, 2.45) is 0 Å². The van der Waals surface area contributed by atoms with Crippen LogP contribution < -0.4 is 10.6 Å². The first-order valence-electron chi connectivity index (χ1n) is 9.11. The Kier molecular flexibility index (Phi) is 5.31. The van der Waals surface area contributed by atoms with E-state index in [1.165, 1.54) is 0 Å². The molecule has 4 rings (SSSR count). The molecule has 0 radical (unpaired) electrons. The number of anilines is 2. The minimum Gasteiger partial charge on any atom is -0.381 e. The first kappa shape index (κ1) is 18.1. The molecular weight excluding hydrogens is 370 g/mol. The highest BCUT2D eigenvalue weighted by Gasteiger charge is 2.09. The quantitative estimate of drug-likeness (QED) is 0.401. The largest absolute Gasteiger partial charge is 0.381 e. The number of hydrogen-bond acceptors (Lipinski definition) is 2. The molecule has 0 fully saturated rings. The summed E-state index contributed by atoms with van der Waals surface area (Å²) in [6, 6.07) is 23.4. The standard InChI is InChI=1S/C23H20ClN3O/c24-21-7-3-1-5-16(21)14-25-18-9-11-19(12-10-18)27-23(28)13-17-15-26-22-8-4-2-6-20(17)22/h1-12,15,25-26H,13-14H2,(H,27,28). The number of carbonyl (C=O) groups is 1. The van der Waals surface area contributed by atoms with Gasteiger partial charge < -0.3 is 15.6 Å². The van der Waals surface area contributed by atoms with Crippen LogP contribution in [0.2, 0.25) is 5.02 Å². The van der Waals surface area contributed by atoms with E-state index in [0.717, 1.165) is 38.4 Å². The van der Waals surface area contributed by atoms with Crippen molar-refractivity contribution in [1.29, 1.82) is 0 Å². The highest BCUT2D eigenvalue weighted by molar-refractivity contribution is 6.31. The van der Waals surface area contributed by atoms with E-state index >= 15 is 0 Å². The van der Waals surface area contributed by atoms with Gasteiger partial charge in [-0.15, -0.1) is 0 Å². The Hall–Kier alpha value is -3.24. The third kappa shape index (κ3) is 4.18. The molecule has 4 aromatic rings. The lowest BCUT2D eigenvalue weighted by atomic mass is 10.1. The number of H-pyrrole nitrogens is 1. The van der Waals surface area contributed by atoms with Gasteiger partial charge in [-0.3, -0.25) is 4.79 Å². The third-order valence-electron chi connectivity index (χ3n) is 4.64. The molecule has 5 heteroatoms. The van der Waals surface area contributed by atoms with Crippen LogP contribution in [0.3, 0.4) is 0 Å². The van der Waals surface area contributed by atoms with Crippen LogP contribution in [-0.4, -0.2) is 10.9 Å². The van der Waals surface area contributed by atoms with Crippen molar-refractivity contribution in [2.45, 2.75) is 13.0 Å². The maximum Gasteiger partial charge on any atom is 0.228 e. The van der Waals surface area contributed by atoms with Crippen molar-refractivity contribution in [3.05, 3.63) is 95.1 Å². The van der Waals surface area contributed by atoms with Gasteiger partial charge in [0.2, 0.25) is 5.91 Å². The van der Waals surface area contributed by atoms with E-state index in [1.54, 1.807) is 0 Å². The molecule has 3 aromatic carbocycles. The number of aromatic amines is 1. The zero-order valence-electron chi connectivity index (χ0n) is 15.2. The number of hydrogen-bond donors (Lipinski definition) is 3. The van der Waals surface area contributed by atoms with Crippen molar-refractivity contribution < 1.29 is 4.79 Å². The molecule has 0 bridgehead atoms. The smallest absolute Gasteiger partial charge is 0.228 e. The summed E-state index contributed by atoms with van der Waals surface area (Å²) < 4.78 is 0. The van der Waals surface area contributed by atoms with Crippen LogP contribution in [0.15, 0.2) is 79.0 Å². The minimum atomic E-state index is -0.0403. The number of benzene rings is 3. The van der Waals surface area contributed by atoms with Crippen molar-refractivity contribution in [3.8, 4) is 0 Å². The summed E-state index contributed by atoms with van der Waals surface area (Å²) in [5.74, 6) is -0.0403. The number of amides is 1. The Morgan fingerprint density at radius 3 is 2.39 bits per heavy atom. The summed E-state index contributed by atoms with van der Waals surface area (Å²) >= 11 is 6.18. The van der Waals surface area contributed by atoms with Crippen molar-refractivity contribution in [2.75, 3.05) is 10.6 Å². The summed E-state index contributed by atoms with van der Waals surface area (Å²) in [6.45, 7) is 0.645. The number of aromatic nitrogens is 1. The van der Waals surface area contributed by atoms with E-state index in [2.05, 4.69) is 15.6 Å². The highest BCUT2D eigenvalue weighted by Crippen LogP contribution is 2.20. The van der Waals surface area contributed by atoms with Crippen molar-refractivity contribution >= 4 is 39.8 Å². The zero-order valence-corrected chi connectivity index (χ0v) is 16.0. The Bertz CT molecular complexity index is 1100. The third-order valence-corrected chi connectivity index (χ3v) is 5.00. The number of rotatable bonds is 6. The number of fused-ring (bicyclic) bond motifs is 1. The molecule has 0 aliphatic heterocycles. The lowest BCUT2D eigenvalue weighted by Crippen LogP contribution is -2.14. The van der Waals surface area contributed by atoms with Gasteiger partial charge in [-0.1, -0.05) is 48.0 Å². The van der Waals surface area contributed by atoms with E-state index in [-0.39, 0.29) is 5.91 Å². The number of halogens is 1.